The van der Waals surface area contributed by atoms with Gasteiger partial charge in [0, 0.05) is 152 Å². The summed E-state index contributed by atoms with van der Waals surface area (Å²) >= 11 is 116. The Morgan fingerprint density at radius 1 is 0.148 bits per heavy atom. The fourth-order valence-electron chi connectivity index (χ4n) is 11.2. The standard InChI is InChI=1S/C65H80Br30O10P10/c66-106(67,68)21-1-11-96-56-36-47-32-49-39-61(101-16-6-26-111(81,82)83)51(41-60(49)100-15-5-25-110(78,79)80)34-53-43-65(105-20-10-30-115(93,94)95)55(45-64(53)104-19-9-29-114(90,91)92)35-54-44-62(102-17-7-27-112(84,85)86)52(42-63(54)103-18-8-28-113(87,88)89)33-50-40-58(98-13-3-23-108(72,73)74)48(38-59(50)99-14-4-24-109(75,76)77)31-46(56)37-57(47)97-12-2-22-107(69,70)71/h36-45H,1-35H2/q+10. The minimum absolute atomic E-state index is 0.393. The van der Waals surface area contributed by atoms with Crippen LogP contribution in [-0.4, -0.2) is 128 Å². The number of benzene rings is 5. The summed E-state index contributed by atoms with van der Waals surface area (Å²) in [5.41, 5.74) is 9.14. The molecule has 0 radical (unpaired) electrons. The van der Waals surface area contributed by atoms with Crippen LogP contribution in [0.15, 0.2) is 60.7 Å². The van der Waals surface area contributed by atoms with E-state index in [2.05, 4.69) is 525 Å². The maximum absolute atomic E-state index is 7.19. The van der Waals surface area contributed by atoms with E-state index < -0.39 is 33.7 Å². The Morgan fingerprint density at radius 3 is 0.296 bits per heavy atom. The lowest BCUT2D eigenvalue weighted by Gasteiger charge is -2.22. The molecule has 0 spiro atoms. The Balaban J connectivity index is 1.86. The molecule has 0 saturated heterocycles. The topological polar surface area (TPSA) is 92.3 Å². The quantitative estimate of drug-likeness (QED) is 0.0272. The van der Waals surface area contributed by atoms with Crippen LogP contribution in [0, 0.1) is 0 Å². The third-order valence-electron chi connectivity index (χ3n) is 16.3. The fourth-order valence-corrected chi connectivity index (χ4v) is 38.7. The molecule has 0 aliphatic heterocycles. The summed E-state index contributed by atoms with van der Waals surface area (Å²) in [5, 5.41) is 0. The van der Waals surface area contributed by atoms with Gasteiger partial charge in [-0.05, 0) is 60.7 Å². The van der Waals surface area contributed by atoms with E-state index in [1.54, 1.807) is 0 Å². The molecular formula is C65H80Br30O10P10+10. The molecule has 0 atom stereocenters. The Hall–Kier alpha value is 12.8. The lowest BCUT2D eigenvalue weighted by molar-refractivity contribution is 0.300. The highest BCUT2D eigenvalue weighted by molar-refractivity contribution is 10.0. The van der Waals surface area contributed by atoms with Gasteiger partial charge in [-0.1, -0.05) is 0 Å². The van der Waals surface area contributed by atoms with Crippen molar-refractivity contribution in [2.24, 2.45) is 0 Å². The molecule has 15 rings (SSSR count). The summed E-state index contributed by atoms with van der Waals surface area (Å²) in [5.74, 6) is 7.18. The molecule has 0 saturated carbocycles. The van der Waals surface area contributed by atoms with Crippen molar-refractivity contribution in [3.05, 3.63) is 116 Å². The molecule has 0 unspecified atom stereocenters. The largest absolute Gasteiger partial charge is 0.493 e. The third kappa shape index (κ3) is 53.1. The zero-order chi connectivity index (χ0) is 85.4. The summed E-state index contributed by atoms with van der Waals surface area (Å²) < 4.78 is 54.7. The predicted molar refractivity (Wildman–Crippen MR) is 633 cm³/mol. The van der Waals surface area contributed by atoms with Crippen LogP contribution < -0.4 is 47.4 Å². The third-order valence-corrected chi connectivity index (χ3v) is 56.4. The van der Waals surface area contributed by atoms with Crippen molar-refractivity contribution in [3.63, 3.8) is 0 Å². The molecule has 10 nitrogen and oxygen atoms in total. The van der Waals surface area contributed by atoms with Gasteiger partial charge >= 0.3 is 0 Å². The van der Waals surface area contributed by atoms with Crippen LogP contribution in [0.4, 0.5) is 0 Å². The highest BCUT2D eigenvalue weighted by Gasteiger charge is 2.37. The van der Waals surface area contributed by atoms with E-state index in [0.717, 1.165) is 239 Å². The molecule has 10 bridgehead atoms. The van der Waals surface area contributed by atoms with Gasteiger partial charge in [0.15, 0.2) is 465 Å². The Morgan fingerprint density at radius 2 is 0.226 bits per heavy atom. The minimum Gasteiger partial charge on any atom is -0.493 e. The van der Waals surface area contributed by atoms with E-state index in [1.807, 2.05) is 0 Å². The fraction of sp³-hybridized carbons (Fsp3) is 0.538. The second-order valence-corrected chi connectivity index (χ2v) is 236. The average molecular weight is 3730 g/mol. The van der Waals surface area contributed by atoms with E-state index >= 15 is 0 Å². The SMILES string of the molecule is Br[P+](Br)(Br)CCCOc1cc2c(OCCC[P+](Br)(Br)Br)cc1Cc1cc(OCCC[P+](Br)(Br)Br)c(cc1OCCC[P+](Br)(Br)Br)Cc1cc(OCCC[P+](Br)(Br)Br)c(cc1OCCC[P+](Br)(Br)Br)Cc1cc(OCCC[P+](Br)(Br)Br)c(cc1OCCC[P+](Br)(Br)Br)Cc1cc(OCCC[P+](Br)(Br)Br)c(cc1OCCC[P+](Br)(Br)Br)C2. The number of hydrogen-bond donors (Lipinski definition) is 0. The molecule has 50 heteroatoms. The van der Waals surface area contributed by atoms with Gasteiger partial charge in [0.2, 0.25) is 33.7 Å². The lowest BCUT2D eigenvalue weighted by atomic mass is 9.94. The van der Waals surface area contributed by atoms with Gasteiger partial charge in [-0.2, -0.15) is 0 Å². The maximum atomic E-state index is 7.19. The molecule has 0 heterocycles. The van der Waals surface area contributed by atoms with Gasteiger partial charge < -0.3 is 47.4 Å². The summed E-state index contributed by atoms with van der Waals surface area (Å²) in [6.45, 7) is 4.31. The molecule has 10 aliphatic carbocycles. The van der Waals surface area contributed by atoms with Crippen molar-refractivity contribution in [1.29, 1.82) is 0 Å². The number of rotatable bonds is 50. The van der Waals surface area contributed by atoms with Crippen molar-refractivity contribution >= 4 is 498 Å². The predicted octanol–water partition coefficient (Wildman–Crippen LogP) is 45.1. The Bertz CT molecular complexity index is 3050. The van der Waals surface area contributed by atoms with E-state index in [-0.39, 0.29) is 0 Å². The molecule has 5 aromatic rings. The van der Waals surface area contributed by atoms with Crippen molar-refractivity contribution < 1.29 is 47.4 Å². The number of ether oxygens (including phenoxy) is 10. The van der Waals surface area contributed by atoms with Crippen molar-refractivity contribution in [3.8, 4) is 57.5 Å². The van der Waals surface area contributed by atoms with Crippen molar-refractivity contribution in [2.75, 3.05) is 128 Å². The van der Waals surface area contributed by atoms with Crippen molar-refractivity contribution in [2.45, 2.75) is 96.3 Å². The first kappa shape index (κ1) is 117. The molecule has 0 aromatic heterocycles. The maximum Gasteiger partial charge on any atom is 0.221 e. The van der Waals surface area contributed by atoms with Gasteiger partial charge in [-0.25, -0.2) is 0 Å². The molecule has 10 aliphatic rings. The second-order valence-electron chi connectivity index (χ2n) is 26.0. The zero-order valence-electron chi connectivity index (χ0n) is 60.4. The molecule has 5 aromatic carbocycles. The second kappa shape index (κ2) is 56.9. The van der Waals surface area contributed by atoms with Crippen molar-refractivity contribution in [1.82, 2.24) is 0 Å². The zero-order valence-corrected chi connectivity index (χ0v) is 117. The molecule has 115 heavy (non-hydrogen) atoms. The van der Waals surface area contributed by atoms with Gasteiger partial charge in [-0.3, -0.25) is 0 Å². The Kier molecular flexibility index (Phi) is 57.6. The van der Waals surface area contributed by atoms with E-state index in [0.29, 0.717) is 98.2 Å². The summed E-state index contributed by atoms with van der Waals surface area (Å²) in [6, 6.07) is 21.9. The molecule has 0 fully saturated rings. The molecular weight excluding hydrogens is 3650 g/mol. The van der Waals surface area contributed by atoms with E-state index in [1.165, 1.54) is 0 Å². The van der Waals surface area contributed by atoms with Crippen LogP contribution >= 0.6 is 498 Å². The van der Waals surface area contributed by atoms with Crippen LogP contribution in [-0.2, 0) is 32.1 Å². The number of hydrogen-bond acceptors (Lipinski definition) is 10. The van der Waals surface area contributed by atoms with Gasteiger partial charge in [0.1, 0.15) is 57.5 Å². The first-order valence-corrected chi connectivity index (χ1v) is 115. The van der Waals surface area contributed by atoms with E-state index in [9.17, 15) is 0 Å². The monoisotopic (exact) mass is 3700 g/mol. The van der Waals surface area contributed by atoms with Crippen LogP contribution in [0.5, 0.6) is 57.5 Å². The molecule has 650 valence electrons. The van der Waals surface area contributed by atoms with Crippen LogP contribution in [0.2, 0.25) is 0 Å². The lowest BCUT2D eigenvalue weighted by Crippen LogP contribution is -2.10. The molecule has 0 amide bonds. The Labute approximate surface area is 926 Å². The summed E-state index contributed by atoms with van der Waals surface area (Å²) in [4.78, 5) is 0. The molecule has 0 N–H and O–H groups in total. The van der Waals surface area contributed by atoms with E-state index in [4.69, 9.17) is 47.4 Å². The highest BCUT2D eigenvalue weighted by atomic mass is 80.0. The normalized spacial score (nSPS) is 13.7. The van der Waals surface area contributed by atoms with Crippen LogP contribution in [0.3, 0.4) is 0 Å². The first-order chi connectivity index (χ1) is 53.2. The highest BCUT2D eigenvalue weighted by Crippen LogP contribution is 2.85. The minimum atomic E-state index is -1.71. The smallest absolute Gasteiger partial charge is 0.221 e. The number of halogens is 30. The average Bonchev–Trinajstić information content (AvgIpc) is 1.35. The summed E-state index contributed by atoms with van der Waals surface area (Å²) in [6.07, 6.45) is 17.8. The summed E-state index contributed by atoms with van der Waals surface area (Å²) in [7, 11) is 0. The first-order valence-electron chi connectivity index (χ1n) is 35.0. The van der Waals surface area contributed by atoms with Gasteiger partial charge in [0.25, 0.3) is 0 Å². The van der Waals surface area contributed by atoms with Crippen LogP contribution in [0.1, 0.15) is 120 Å². The van der Waals surface area contributed by atoms with Gasteiger partial charge in [-0.15, -0.1) is 0 Å². The van der Waals surface area contributed by atoms with Gasteiger partial charge in [0.05, 0.1) is 128 Å². The van der Waals surface area contributed by atoms with Crippen LogP contribution in [0.25, 0.3) is 0 Å².